The second kappa shape index (κ2) is 4.87. The van der Waals surface area contributed by atoms with Crippen molar-refractivity contribution in [1.29, 1.82) is 0 Å². The fourth-order valence-electron chi connectivity index (χ4n) is 1.79. The summed E-state index contributed by atoms with van der Waals surface area (Å²) < 4.78 is 0. The van der Waals surface area contributed by atoms with Gasteiger partial charge in [0.25, 0.3) is 0 Å². The topological polar surface area (TPSA) is 152 Å². The van der Waals surface area contributed by atoms with Gasteiger partial charge >= 0.3 is 5.97 Å². The second-order valence-corrected chi connectivity index (χ2v) is 3.25. The highest BCUT2D eigenvalue weighted by molar-refractivity contribution is 5.97. The van der Waals surface area contributed by atoms with Gasteiger partial charge in [-0.25, -0.2) is 4.79 Å². The standard InChI is InChI=1S/C8H9NO3.3H2O/c1-4-2-6(8(11)12)9-5(4)3-7(9)10;;;/h2,4-5H,3H2,1H3,(H,11,12);3*1H2. The van der Waals surface area contributed by atoms with Crippen molar-refractivity contribution in [3.05, 3.63) is 11.8 Å². The van der Waals surface area contributed by atoms with Gasteiger partial charge in [0.1, 0.15) is 5.70 Å². The van der Waals surface area contributed by atoms with Crippen LogP contribution in [0.5, 0.6) is 0 Å². The Hall–Kier alpha value is -1.44. The average molecular weight is 221 g/mol. The van der Waals surface area contributed by atoms with E-state index in [0.29, 0.717) is 6.42 Å². The predicted molar refractivity (Wildman–Crippen MR) is 51.0 cm³/mol. The van der Waals surface area contributed by atoms with Gasteiger partial charge in [0.2, 0.25) is 5.91 Å². The molecule has 2 aliphatic rings. The highest BCUT2D eigenvalue weighted by atomic mass is 16.4. The summed E-state index contributed by atoms with van der Waals surface area (Å²) in [5.74, 6) is -0.885. The van der Waals surface area contributed by atoms with E-state index in [1.54, 1.807) is 6.08 Å². The highest BCUT2D eigenvalue weighted by Gasteiger charge is 2.47. The number of carbonyl (C=O) groups is 2. The summed E-state index contributed by atoms with van der Waals surface area (Å²) in [6.07, 6.45) is 2.15. The zero-order chi connectivity index (χ0) is 8.88. The van der Waals surface area contributed by atoms with Crippen molar-refractivity contribution < 1.29 is 31.1 Å². The average Bonchev–Trinajstić information content (AvgIpc) is 2.22. The molecule has 0 saturated carbocycles. The largest absolute Gasteiger partial charge is 0.477 e. The summed E-state index contributed by atoms with van der Waals surface area (Å²) in [6, 6.07) is 0.114. The van der Waals surface area contributed by atoms with Crippen molar-refractivity contribution in [3.8, 4) is 0 Å². The van der Waals surface area contributed by atoms with E-state index in [-0.39, 0.29) is 40.0 Å². The summed E-state index contributed by atoms with van der Waals surface area (Å²) in [7, 11) is 0. The number of hydrogen-bond acceptors (Lipinski definition) is 2. The van der Waals surface area contributed by atoms with Crippen molar-refractivity contribution in [2.24, 2.45) is 5.92 Å². The van der Waals surface area contributed by atoms with Gasteiger partial charge in [-0.3, -0.25) is 4.79 Å². The van der Waals surface area contributed by atoms with E-state index in [0.717, 1.165) is 0 Å². The molecule has 1 amide bonds. The minimum atomic E-state index is -1.00. The van der Waals surface area contributed by atoms with Gasteiger partial charge in [-0.1, -0.05) is 6.92 Å². The highest BCUT2D eigenvalue weighted by Crippen LogP contribution is 2.37. The molecule has 0 aromatic rings. The fraction of sp³-hybridized carbons (Fsp3) is 0.500. The minimum Gasteiger partial charge on any atom is -0.477 e. The Morgan fingerprint density at radius 2 is 2.00 bits per heavy atom. The van der Waals surface area contributed by atoms with E-state index in [1.165, 1.54) is 4.90 Å². The van der Waals surface area contributed by atoms with E-state index in [9.17, 15) is 9.59 Å². The molecule has 2 aliphatic heterocycles. The summed E-state index contributed by atoms with van der Waals surface area (Å²) in [5, 5.41) is 8.71. The Morgan fingerprint density at radius 3 is 2.33 bits per heavy atom. The second-order valence-electron chi connectivity index (χ2n) is 3.25. The number of amides is 1. The SMILES string of the molecule is CC1C=C(C(=O)O)N2C(=O)CC12.O.O.O. The zero-order valence-corrected chi connectivity index (χ0v) is 8.15. The molecule has 2 unspecified atom stereocenters. The van der Waals surface area contributed by atoms with Crippen LogP contribution in [0.3, 0.4) is 0 Å². The molecule has 2 rings (SSSR count). The first-order chi connectivity index (χ1) is 5.61. The molecule has 1 saturated heterocycles. The van der Waals surface area contributed by atoms with Crippen molar-refractivity contribution in [2.45, 2.75) is 19.4 Å². The van der Waals surface area contributed by atoms with Gasteiger partial charge in [0, 0.05) is 6.42 Å². The lowest BCUT2D eigenvalue weighted by atomic mass is 9.94. The first-order valence-corrected chi connectivity index (χ1v) is 3.88. The van der Waals surface area contributed by atoms with Crippen molar-refractivity contribution in [2.75, 3.05) is 0 Å². The Labute approximate surface area is 85.9 Å². The van der Waals surface area contributed by atoms with E-state index < -0.39 is 5.97 Å². The van der Waals surface area contributed by atoms with Gasteiger partial charge in [-0.05, 0) is 12.0 Å². The molecular formula is C8H15NO6. The quantitative estimate of drug-likeness (QED) is 0.496. The van der Waals surface area contributed by atoms with Crippen molar-refractivity contribution in [1.82, 2.24) is 4.90 Å². The van der Waals surface area contributed by atoms with Gasteiger partial charge in [-0.15, -0.1) is 0 Å². The normalized spacial score (nSPS) is 26.1. The summed E-state index contributed by atoms with van der Waals surface area (Å²) in [5.41, 5.74) is 0.156. The predicted octanol–water partition coefficient (Wildman–Crippen LogP) is -2.27. The number of carboxylic acids is 1. The Balaban J connectivity index is 0. The molecule has 0 bridgehead atoms. The lowest BCUT2D eigenvalue weighted by molar-refractivity contribution is -0.148. The molecule has 1 fully saturated rings. The third-order valence-corrected chi connectivity index (χ3v) is 2.49. The molecule has 0 radical (unpaired) electrons. The number of hydrogen-bond donors (Lipinski definition) is 1. The molecule has 7 N–H and O–H groups in total. The van der Waals surface area contributed by atoms with Gasteiger partial charge in [-0.2, -0.15) is 0 Å². The Bertz CT molecular complexity index is 300. The van der Waals surface area contributed by atoms with Gasteiger partial charge < -0.3 is 26.4 Å². The van der Waals surface area contributed by atoms with Crippen LogP contribution in [0, 0.1) is 5.92 Å². The monoisotopic (exact) mass is 221 g/mol. The fourth-order valence-corrected chi connectivity index (χ4v) is 1.79. The molecule has 2 atom stereocenters. The molecule has 0 spiro atoms. The van der Waals surface area contributed by atoms with Crippen LogP contribution in [0.25, 0.3) is 0 Å². The molecule has 0 aromatic carbocycles. The molecule has 7 heteroatoms. The maximum atomic E-state index is 11.0. The Morgan fingerprint density at radius 1 is 1.47 bits per heavy atom. The molecular weight excluding hydrogens is 206 g/mol. The smallest absolute Gasteiger partial charge is 0.352 e. The van der Waals surface area contributed by atoms with Crippen LogP contribution in [-0.2, 0) is 9.59 Å². The molecule has 2 heterocycles. The number of β-lactam (4-membered cyclic amide) rings is 1. The summed E-state index contributed by atoms with van der Waals surface area (Å²) in [4.78, 5) is 23.0. The first kappa shape index (κ1) is 16.0. The van der Waals surface area contributed by atoms with E-state index in [2.05, 4.69) is 0 Å². The number of fused-ring (bicyclic) bond motifs is 1. The molecule has 0 aromatic heterocycles. The van der Waals surface area contributed by atoms with Crippen LogP contribution >= 0.6 is 0 Å². The number of carboxylic acid groups (broad SMARTS) is 1. The molecule has 88 valence electrons. The van der Waals surface area contributed by atoms with Crippen molar-refractivity contribution in [3.63, 3.8) is 0 Å². The minimum absolute atomic E-state index is 0. The van der Waals surface area contributed by atoms with Gasteiger partial charge in [0.15, 0.2) is 0 Å². The summed E-state index contributed by atoms with van der Waals surface area (Å²) in [6.45, 7) is 1.93. The van der Waals surface area contributed by atoms with E-state index in [1.807, 2.05) is 6.92 Å². The van der Waals surface area contributed by atoms with Crippen LogP contribution in [0.1, 0.15) is 13.3 Å². The number of carbonyl (C=O) groups excluding carboxylic acids is 1. The number of rotatable bonds is 1. The van der Waals surface area contributed by atoms with Crippen LogP contribution < -0.4 is 0 Å². The molecule has 7 nitrogen and oxygen atoms in total. The number of nitrogens with zero attached hydrogens (tertiary/aromatic N) is 1. The van der Waals surface area contributed by atoms with E-state index in [4.69, 9.17) is 5.11 Å². The van der Waals surface area contributed by atoms with Crippen LogP contribution in [0.4, 0.5) is 0 Å². The van der Waals surface area contributed by atoms with Gasteiger partial charge in [0.05, 0.1) is 6.04 Å². The summed E-state index contributed by atoms with van der Waals surface area (Å²) >= 11 is 0. The lowest BCUT2D eigenvalue weighted by Crippen LogP contribution is -2.51. The zero-order valence-electron chi connectivity index (χ0n) is 8.15. The van der Waals surface area contributed by atoms with Crippen molar-refractivity contribution >= 4 is 11.9 Å². The third-order valence-electron chi connectivity index (χ3n) is 2.49. The lowest BCUT2D eigenvalue weighted by Gasteiger charge is -2.37. The van der Waals surface area contributed by atoms with Crippen LogP contribution in [0.15, 0.2) is 11.8 Å². The first-order valence-electron chi connectivity index (χ1n) is 3.88. The maximum absolute atomic E-state index is 11.0. The molecule has 15 heavy (non-hydrogen) atoms. The van der Waals surface area contributed by atoms with Crippen LogP contribution in [-0.4, -0.2) is 44.4 Å². The van der Waals surface area contributed by atoms with Crippen LogP contribution in [0.2, 0.25) is 0 Å². The molecule has 0 aliphatic carbocycles. The van der Waals surface area contributed by atoms with E-state index >= 15 is 0 Å². The Kier molecular flexibility index (Phi) is 5.20. The maximum Gasteiger partial charge on any atom is 0.352 e. The number of aliphatic carboxylic acids is 1. The third kappa shape index (κ3) is 1.99.